The molecule has 0 radical (unpaired) electrons. The van der Waals surface area contributed by atoms with Gasteiger partial charge in [-0.3, -0.25) is 14.5 Å². The monoisotopic (exact) mass is 383 g/mol. The third-order valence-corrected chi connectivity index (χ3v) is 5.61. The Hall–Kier alpha value is -2.41. The summed E-state index contributed by atoms with van der Waals surface area (Å²) in [7, 11) is 1.93. The maximum absolute atomic E-state index is 12.9. The third kappa shape index (κ3) is 4.04. The van der Waals surface area contributed by atoms with E-state index in [2.05, 4.69) is 41.1 Å². The Morgan fingerprint density at radius 1 is 1.32 bits per heavy atom. The molecule has 2 fully saturated rings. The Labute approximate surface area is 166 Å². The molecule has 0 spiro atoms. The number of aromatic nitrogens is 3. The summed E-state index contributed by atoms with van der Waals surface area (Å²) >= 11 is 0. The second kappa shape index (κ2) is 7.20. The average molecular weight is 383 g/mol. The first kappa shape index (κ1) is 18.9. The minimum atomic E-state index is -0.185. The number of carbonyl (C=O) groups is 1. The predicted molar refractivity (Wildman–Crippen MR) is 108 cm³/mol. The molecule has 2 aromatic heterocycles. The summed E-state index contributed by atoms with van der Waals surface area (Å²) in [6.07, 6.45) is 6.81. The second-order valence-electron chi connectivity index (χ2n) is 8.41. The number of nitrogens with one attached hydrogen (secondary N) is 1. The summed E-state index contributed by atoms with van der Waals surface area (Å²) < 4.78 is 7.64. The van der Waals surface area contributed by atoms with Gasteiger partial charge >= 0.3 is 0 Å². The molecule has 28 heavy (non-hydrogen) atoms. The molecule has 7 heteroatoms. The fourth-order valence-corrected chi connectivity index (χ4v) is 4.08. The fourth-order valence-electron chi connectivity index (χ4n) is 4.08. The highest BCUT2D eigenvalue weighted by Crippen LogP contribution is 2.39. The standard InChI is InChI=1S/C21H29N5O2/c1-14-11-25(4)24-19(14)10-21(6-7-21)23-20(27)18-9-17(5-8-22-18)26-12-15(2)28-16(3)13-26/h5,8-9,11,15-16H,6-7,10,12-13H2,1-4H3,(H,23,27)/t15-,16+. The van der Waals surface area contributed by atoms with Crippen molar-refractivity contribution in [2.24, 2.45) is 7.05 Å². The Bertz CT molecular complexity index is 863. The molecule has 1 amide bonds. The smallest absolute Gasteiger partial charge is 0.270 e. The minimum absolute atomic E-state index is 0.109. The van der Waals surface area contributed by atoms with Gasteiger partial charge in [-0.2, -0.15) is 5.10 Å². The Morgan fingerprint density at radius 2 is 2.04 bits per heavy atom. The van der Waals surface area contributed by atoms with Crippen molar-refractivity contribution in [1.29, 1.82) is 0 Å². The quantitative estimate of drug-likeness (QED) is 0.857. The van der Waals surface area contributed by atoms with E-state index in [-0.39, 0.29) is 23.7 Å². The van der Waals surface area contributed by atoms with Crippen molar-refractivity contribution in [3.63, 3.8) is 0 Å². The Kier molecular flexibility index (Phi) is 4.87. The number of anilines is 1. The van der Waals surface area contributed by atoms with Gasteiger partial charge in [-0.15, -0.1) is 0 Å². The maximum atomic E-state index is 12.9. The summed E-state index contributed by atoms with van der Waals surface area (Å²) in [5, 5.41) is 7.76. The van der Waals surface area contributed by atoms with Gasteiger partial charge in [0, 0.05) is 50.2 Å². The van der Waals surface area contributed by atoms with Crippen molar-refractivity contribution in [2.45, 2.75) is 57.8 Å². The van der Waals surface area contributed by atoms with Crippen LogP contribution in [0.5, 0.6) is 0 Å². The van der Waals surface area contributed by atoms with Gasteiger partial charge in [-0.1, -0.05) is 0 Å². The zero-order chi connectivity index (χ0) is 19.9. The average Bonchev–Trinajstić information content (AvgIpc) is 3.31. The molecule has 3 heterocycles. The van der Waals surface area contributed by atoms with Crippen LogP contribution in [0, 0.1) is 6.92 Å². The van der Waals surface area contributed by atoms with E-state index in [1.54, 1.807) is 6.20 Å². The largest absolute Gasteiger partial charge is 0.372 e. The SMILES string of the molecule is Cc1cn(C)nc1CC1(NC(=O)c2cc(N3C[C@@H](C)O[C@@H](C)C3)ccn2)CC1. The van der Waals surface area contributed by atoms with E-state index in [4.69, 9.17) is 4.74 Å². The lowest BCUT2D eigenvalue weighted by atomic mass is 10.1. The lowest BCUT2D eigenvalue weighted by Crippen LogP contribution is -2.45. The van der Waals surface area contributed by atoms with Crippen LogP contribution >= 0.6 is 0 Å². The van der Waals surface area contributed by atoms with Gasteiger partial charge in [-0.05, 0) is 51.3 Å². The topological polar surface area (TPSA) is 72.3 Å². The van der Waals surface area contributed by atoms with Gasteiger partial charge < -0.3 is 15.0 Å². The van der Waals surface area contributed by atoms with Crippen LogP contribution in [0.1, 0.15) is 48.4 Å². The molecule has 4 rings (SSSR count). The van der Waals surface area contributed by atoms with Gasteiger partial charge in [0.1, 0.15) is 5.69 Å². The summed E-state index contributed by atoms with van der Waals surface area (Å²) in [5.74, 6) is -0.109. The highest BCUT2D eigenvalue weighted by atomic mass is 16.5. The molecule has 7 nitrogen and oxygen atoms in total. The van der Waals surface area contributed by atoms with Crippen LogP contribution in [-0.4, -0.2) is 51.5 Å². The van der Waals surface area contributed by atoms with Crippen LogP contribution in [0.15, 0.2) is 24.5 Å². The molecule has 0 aromatic carbocycles. The molecule has 2 aromatic rings. The number of rotatable bonds is 5. The van der Waals surface area contributed by atoms with E-state index >= 15 is 0 Å². The lowest BCUT2D eigenvalue weighted by Gasteiger charge is -2.36. The number of carbonyl (C=O) groups excluding carboxylic acids is 1. The number of hydrogen-bond acceptors (Lipinski definition) is 5. The zero-order valence-corrected chi connectivity index (χ0v) is 17.1. The Balaban J connectivity index is 1.46. The van der Waals surface area contributed by atoms with Gasteiger partial charge in [0.05, 0.1) is 17.9 Å². The van der Waals surface area contributed by atoms with Crippen LogP contribution in [-0.2, 0) is 18.2 Å². The number of morpholine rings is 1. The highest BCUT2D eigenvalue weighted by Gasteiger charge is 2.45. The van der Waals surface area contributed by atoms with Gasteiger partial charge in [0.15, 0.2) is 0 Å². The summed E-state index contributed by atoms with van der Waals surface area (Å²) in [4.78, 5) is 19.5. The van der Waals surface area contributed by atoms with Crippen molar-refractivity contribution < 1.29 is 9.53 Å². The number of aryl methyl sites for hydroxylation is 2. The molecular formula is C21H29N5O2. The summed E-state index contributed by atoms with van der Waals surface area (Å²) in [6.45, 7) is 7.86. The van der Waals surface area contributed by atoms with Crippen molar-refractivity contribution in [3.8, 4) is 0 Å². The molecule has 1 aliphatic carbocycles. The van der Waals surface area contributed by atoms with E-state index < -0.39 is 0 Å². The summed E-state index contributed by atoms with van der Waals surface area (Å²) in [5.41, 5.74) is 3.52. The molecule has 150 valence electrons. The van der Waals surface area contributed by atoms with Crippen molar-refractivity contribution in [1.82, 2.24) is 20.1 Å². The number of amides is 1. The first-order valence-electron chi connectivity index (χ1n) is 10.0. The minimum Gasteiger partial charge on any atom is -0.372 e. The van der Waals surface area contributed by atoms with Gasteiger partial charge in [0.2, 0.25) is 0 Å². The number of pyridine rings is 1. The van der Waals surface area contributed by atoms with Crippen LogP contribution in [0.25, 0.3) is 0 Å². The van der Waals surface area contributed by atoms with E-state index in [0.717, 1.165) is 43.7 Å². The molecule has 2 atom stereocenters. The normalized spacial score (nSPS) is 23.5. The number of hydrogen-bond donors (Lipinski definition) is 1. The first-order valence-corrected chi connectivity index (χ1v) is 10.0. The van der Waals surface area contributed by atoms with Crippen molar-refractivity contribution in [3.05, 3.63) is 41.5 Å². The zero-order valence-electron chi connectivity index (χ0n) is 17.1. The lowest BCUT2D eigenvalue weighted by molar-refractivity contribution is -0.00522. The number of nitrogens with zero attached hydrogens (tertiary/aromatic N) is 4. The molecule has 1 N–H and O–H groups in total. The fraction of sp³-hybridized carbons (Fsp3) is 0.571. The van der Waals surface area contributed by atoms with Crippen LogP contribution in [0.2, 0.25) is 0 Å². The van der Waals surface area contributed by atoms with E-state index in [0.29, 0.717) is 5.69 Å². The van der Waals surface area contributed by atoms with Crippen molar-refractivity contribution in [2.75, 3.05) is 18.0 Å². The molecular weight excluding hydrogens is 354 g/mol. The summed E-state index contributed by atoms with van der Waals surface area (Å²) in [6, 6.07) is 3.86. The molecule has 1 aliphatic heterocycles. The van der Waals surface area contributed by atoms with Crippen molar-refractivity contribution >= 4 is 11.6 Å². The van der Waals surface area contributed by atoms with E-state index in [1.807, 2.05) is 30.1 Å². The molecule has 0 bridgehead atoms. The first-order chi connectivity index (χ1) is 13.3. The van der Waals surface area contributed by atoms with Gasteiger partial charge in [0.25, 0.3) is 5.91 Å². The molecule has 0 unspecified atom stereocenters. The maximum Gasteiger partial charge on any atom is 0.270 e. The van der Waals surface area contributed by atoms with Gasteiger partial charge in [-0.25, -0.2) is 0 Å². The highest BCUT2D eigenvalue weighted by molar-refractivity contribution is 5.94. The third-order valence-electron chi connectivity index (χ3n) is 5.61. The number of ether oxygens (including phenoxy) is 1. The van der Waals surface area contributed by atoms with Crippen LogP contribution < -0.4 is 10.2 Å². The predicted octanol–water partition coefficient (Wildman–Crippen LogP) is 2.24. The second-order valence-corrected chi connectivity index (χ2v) is 8.41. The van der Waals surface area contributed by atoms with E-state index in [1.165, 1.54) is 5.56 Å². The molecule has 2 aliphatic rings. The van der Waals surface area contributed by atoms with E-state index in [9.17, 15) is 4.79 Å². The Morgan fingerprint density at radius 3 is 2.64 bits per heavy atom. The molecule has 1 saturated heterocycles. The van der Waals surface area contributed by atoms with Crippen LogP contribution in [0.4, 0.5) is 5.69 Å². The van der Waals surface area contributed by atoms with Crippen LogP contribution in [0.3, 0.4) is 0 Å². The molecule has 1 saturated carbocycles.